The Hall–Kier alpha value is 0.140. The number of aliphatic hydroxyl groups excluding tert-OH is 1. The average Bonchev–Trinajstić information content (AvgIpc) is 2.07. The van der Waals surface area contributed by atoms with E-state index in [1.807, 2.05) is 30.3 Å². The first-order chi connectivity index (χ1) is 5.43. The van der Waals surface area contributed by atoms with Gasteiger partial charge in [0.25, 0.3) is 0 Å². The third kappa shape index (κ3) is 4.91. The van der Waals surface area contributed by atoms with Crippen molar-refractivity contribution in [2.24, 2.45) is 0 Å². The first-order valence-electron chi connectivity index (χ1n) is 3.66. The van der Waals surface area contributed by atoms with Crippen LogP contribution in [0.3, 0.4) is 0 Å². The molecule has 62 valence electrons. The van der Waals surface area contributed by atoms with Crippen molar-refractivity contribution < 1.29 is 40.8 Å². The van der Waals surface area contributed by atoms with Crippen LogP contribution in [0.5, 0.6) is 0 Å². The molecule has 1 aromatic carbocycles. The third-order valence-electron chi connectivity index (χ3n) is 1.35. The van der Waals surface area contributed by atoms with Crippen LogP contribution in [0.2, 0.25) is 0 Å². The van der Waals surface area contributed by atoms with Gasteiger partial charge < -0.3 is 11.3 Å². The molecular weight excluding hydrogens is 163 g/mol. The van der Waals surface area contributed by atoms with Crippen LogP contribution in [0.4, 0.5) is 0 Å². The molecule has 0 heterocycles. The van der Waals surface area contributed by atoms with Gasteiger partial charge in [0.2, 0.25) is 0 Å². The molecule has 1 rings (SSSR count). The minimum atomic E-state index is 0. The van der Waals surface area contributed by atoms with Crippen LogP contribution in [0, 0.1) is 0 Å². The van der Waals surface area contributed by atoms with Gasteiger partial charge in [-0.1, -0.05) is 30.3 Å². The molecular formula is C9H13NaO2. The van der Waals surface area contributed by atoms with Crippen LogP contribution in [0.15, 0.2) is 30.3 Å². The Labute approximate surface area is 96.3 Å². The van der Waals surface area contributed by atoms with Crippen LogP contribution in [-0.4, -0.2) is 18.3 Å². The maximum atomic E-state index is 8.42. The maximum absolute atomic E-state index is 8.42. The number of rotatable bonds is 4. The fourth-order valence-corrected chi connectivity index (χ4v) is 0.829. The fraction of sp³-hybridized carbons (Fsp3) is 0.333. The van der Waals surface area contributed by atoms with Crippen molar-refractivity contribution >= 4 is 0 Å². The summed E-state index contributed by atoms with van der Waals surface area (Å²) >= 11 is 0. The standard InChI is InChI=1S/C9H12O2.Na.H/c10-6-7-11-8-9-4-2-1-3-5-9;;/h1-5,10H,6-8H2;;/q;+1;-1. The maximum Gasteiger partial charge on any atom is 1.00 e. The van der Waals surface area contributed by atoms with E-state index in [0.717, 1.165) is 5.56 Å². The molecule has 2 nitrogen and oxygen atoms in total. The van der Waals surface area contributed by atoms with Crippen molar-refractivity contribution in [3.63, 3.8) is 0 Å². The van der Waals surface area contributed by atoms with Crippen molar-refractivity contribution in [3.05, 3.63) is 35.9 Å². The predicted octanol–water partition coefficient (Wildman–Crippen LogP) is -1.69. The molecule has 0 aliphatic carbocycles. The quantitative estimate of drug-likeness (QED) is 0.438. The second-order valence-corrected chi connectivity index (χ2v) is 2.26. The van der Waals surface area contributed by atoms with Gasteiger partial charge in [-0.05, 0) is 5.56 Å². The molecule has 0 unspecified atom stereocenters. The fourth-order valence-electron chi connectivity index (χ4n) is 0.829. The van der Waals surface area contributed by atoms with Crippen molar-refractivity contribution in [3.8, 4) is 0 Å². The van der Waals surface area contributed by atoms with Crippen molar-refractivity contribution in [2.75, 3.05) is 13.2 Å². The van der Waals surface area contributed by atoms with Crippen LogP contribution < -0.4 is 29.6 Å². The number of hydrogen-bond donors (Lipinski definition) is 1. The zero-order chi connectivity index (χ0) is 7.94. The van der Waals surface area contributed by atoms with E-state index in [1.165, 1.54) is 0 Å². The van der Waals surface area contributed by atoms with E-state index >= 15 is 0 Å². The smallest absolute Gasteiger partial charge is 1.00 e. The molecule has 0 spiro atoms. The summed E-state index contributed by atoms with van der Waals surface area (Å²) in [6.07, 6.45) is 0. The van der Waals surface area contributed by atoms with Gasteiger partial charge in [0.15, 0.2) is 0 Å². The second-order valence-electron chi connectivity index (χ2n) is 2.26. The molecule has 1 aromatic rings. The Morgan fingerprint density at radius 1 is 1.25 bits per heavy atom. The van der Waals surface area contributed by atoms with Gasteiger partial charge in [-0.15, -0.1) is 0 Å². The molecule has 0 saturated carbocycles. The van der Waals surface area contributed by atoms with Gasteiger partial charge in [0.1, 0.15) is 0 Å². The summed E-state index contributed by atoms with van der Waals surface area (Å²) in [7, 11) is 0. The largest absolute Gasteiger partial charge is 1.00 e. The van der Waals surface area contributed by atoms with E-state index in [0.29, 0.717) is 13.2 Å². The molecule has 0 radical (unpaired) electrons. The molecule has 0 aliphatic rings. The van der Waals surface area contributed by atoms with Crippen molar-refractivity contribution in [1.29, 1.82) is 0 Å². The minimum absolute atomic E-state index is 0. The molecule has 0 saturated heterocycles. The van der Waals surface area contributed by atoms with Crippen LogP contribution in [0.25, 0.3) is 0 Å². The minimum Gasteiger partial charge on any atom is -1.00 e. The van der Waals surface area contributed by atoms with Gasteiger partial charge in [-0.3, -0.25) is 0 Å². The molecule has 0 atom stereocenters. The second kappa shape index (κ2) is 7.77. The van der Waals surface area contributed by atoms with Crippen LogP contribution in [0.1, 0.15) is 6.99 Å². The van der Waals surface area contributed by atoms with E-state index in [2.05, 4.69) is 0 Å². The number of hydrogen-bond acceptors (Lipinski definition) is 2. The zero-order valence-corrected chi connectivity index (χ0v) is 9.36. The summed E-state index contributed by atoms with van der Waals surface area (Å²) in [4.78, 5) is 0. The van der Waals surface area contributed by atoms with Crippen molar-refractivity contribution in [1.82, 2.24) is 0 Å². The molecule has 0 fully saturated rings. The Bertz CT molecular complexity index is 194. The van der Waals surface area contributed by atoms with Crippen molar-refractivity contribution in [2.45, 2.75) is 6.61 Å². The third-order valence-corrected chi connectivity index (χ3v) is 1.35. The molecule has 0 aromatic heterocycles. The zero-order valence-electron chi connectivity index (χ0n) is 8.36. The van der Waals surface area contributed by atoms with Gasteiger partial charge in [-0.2, -0.15) is 0 Å². The van der Waals surface area contributed by atoms with Crippen LogP contribution >= 0.6 is 0 Å². The Morgan fingerprint density at radius 3 is 2.50 bits per heavy atom. The molecule has 0 aliphatic heterocycles. The Kier molecular flexibility index (Phi) is 7.86. The summed E-state index contributed by atoms with van der Waals surface area (Å²) in [5.41, 5.74) is 1.14. The molecule has 3 heteroatoms. The first kappa shape index (κ1) is 12.1. The summed E-state index contributed by atoms with van der Waals surface area (Å²) in [5.74, 6) is 0. The van der Waals surface area contributed by atoms with Gasteiger partial charge >= 0.3 is 29.6 Å². The molecule has 0 amide bonds. The van der Waals surface area contributed by atoms with E-state index < -0.39 is 0 Å². The average molecular weight is 176 g/mol. The topological polar surface area (TPSA) is 29.5 Å². The monoisotopic (exact) mass is 176 g/mol. The van der Waals surface area contributed by atoms with E-state index in [-0.39, 0.29) is 37.6 Å². The number of aliphatic hydroxyl groups is 1. The molecule has 0 bridgehead atoms. The van der Waals surface area contributed by atoms with E-state index in [9.17, 15) is 0 Å². The summed E-state index contributed by atoms with van der Waals surface area (Å²) in [5, 5.41) is 8.42. The Balaban J connectivity index is 0. The van der Waals surface area contributed by atoms with E-state index in [4.69, 9.17) is 9.84 Å². The van der Waals surface area contributed by atoms with E-state index in [1.54, 1.807) is 0 Å². The normalized spacial score (nSPS) is 9.08. The van der Waals surface area contributed by atoms with Gasteiger partial charge in [-0.25, -0.2) is 0 Å². The SMILES string of the molecule is OCCOCc1ccccc1.[H-].[Na+]. The molecule has 1 N–H and O–H groups in total. The van der Waals surface area contributed by atoms with Crippen LogP contribution in [-0.2, 0) is 11.3 Å². The predicted molar refractivity (Wildman–Crippen MR) is 44.3 cm³/mol. The number of benzene rings is 1. The summed E-state index contributed by atoms with van der Waals surface area (Å²) in [6.45, 7) is 1.09. The number of ether oxygens (including phenoxy) is 1. The van der Waals surface area contributed by atoms with Gasteiger partial charge in [0.05, 0.1) is 19.8 Å². The first-order valence-corrected chi connectivity index (χ1v) is 3.66. The molecule has 12 heavy (non-hydrogen) atoms. The summed E-state index contributed by atoms with van der Waals surface area (Å²) < 4.78 is 5.12. The Morgan fingerprint density at radius 2 is 1.92 bits per heavy atom. The summed E-state index contributed by atoms with van der Waals surface area (Å²) in [6, 6.07) is 9.90. The van der Waals surface area contributed by atoms with Gasteiger partial charge in [0, 0.05) is 0 Å².